The summed E-state index contributed by atoms with van der Waals surface area (Å²) in [5.74, 6) is 0. The maximum Gasteiger partial charge on any atom is 0.469 e. The molecule has 2 N–H and O–H groups in total. The zero-order valence-electron chi connectivity index (χ0n) is 7.69. The fourth-order valence-electron chi connectivity index (χ4n) is 1.72. The highest BCUT2D eigenvalue weighted by atomic mass is 31.2. The average molecular weight is 208 g/mol. The molecular formula is C8H17O4P. The third-order valence-electron chi connectivity index (χ3n) is 2.34. The highest BCUT2D eigenvalue weighted by Crippen LogP contribution is 2.40. The van der Waals surface area contributed by atoms with Gasteiger partial charge in [0.2, 0.25) is 0 Å². The van der Waals surface area contributed by atoms with Crippen LogP contribution < -0.4 is 0 Å². The molecule has 0 aromatic carbocycles. The molecule has 0 aliphatic heterocycles. The second-order valence-electron chi connectivity index (χ2n) is 3.56. The third-order valence-corrected chi connectivity index (χ3v) is 2.91. The van der Waals surface area contributed by atoms with Crippen LogP contribution in [0.2, 0.25) is 0 Å². The second kappa shape index (κ2) is 5.11. The van der Waals surface area contributed by atoms with E-state index >= 15 is 0 Å². The molecule has 0 radical (unpaired) electrons. The average Bonchev–Trinajstić information content (AvgIpc) is 1.92. The Morgan fingerprint density at radius 1 is 1.00 bits per heavy atom. The summed E-state index contributed by atoms with van der Waals surface area (Å²) < 4.78 is 15.3. The molecule has 0 spiro atoms. The fraction of sp³-hybridized carbons (Fsp3) is 1.00. The van der Waals surface area contributed by atoms with Gasteiger partial charge in [0.05, 0.1) is 6.10 Å². The van der Waals surface area contributed by atoms with Crippen LogP contribution in [0.3, 0.4) is 0 Å². The van der Waals surface area contributed by atoms with Gasteiger partial charge in [0.25, 0.3) is 0 Å². The summed E-state index contributed by atoms with van der Waals surface area (Å²) in [7, 11) is -4.27. The molecule has 78 valence electrons. The van der Waals surface area contributed by atoms with Gasteiger partial charge in [0, 0.05) is 0 Å². The van der Waals surface area contributed by atoms with Crippen molar-refractivity contribution in [1.82, 2.24) is 0 Å². The van der Waals surface area contributed by atoms with Gasteiger partial charge < -0.3 is 9.79 Å². The van der Waals surface area contributed by atoms with Crippen LogP contribution in [0.15, 0.2) is 0 Å². The Hall–Kier alpha value is 0.110. The minimum atomic E-state index is -4.27. The minimum Gasteiger partial charge on any atom is -0.303 e. The highest BCUT2D eigenvalue weighted by Gasteiger charge is 2.22. The molecule has 1 fully saturated rings. The summed E-state index contributed by atoms with van der Waals surface area (Å²) >= 11 is 0. The van der Waals surface area contributed by atoms with Crippen molar-refractivity contribution in [2.24, 2.45) is 0 Å². The summed E-state index contributed by atoms with van der Waals surface area (Å²) in [6.45, 7) is 0. The molecule has 1 aliphatic carbocycles. The molecule has 0 bridgehead atoms. The van der Waals surface area contributed by atoms with Gasteiger partial charge in [-0.3, -0.25) is 4.52 Å². The van der Waals surface area contributed by atoms with Crippen LogP contribution in [-0.2, 0) is 9.09 Å². The maximum atomic E-state index is 10.6. The highest BCUT2D eigenvalue weighted by molar-refractivity contribution is 7.46. The summed E-state index contributed by atoms with van der Waals surface area (Å²) in [4.78, 5) is 17.2. The van der Waals surface area contributed by atoms with Gasteiger partial charge in [0.1, 0.15) is 0 Å². The molecule has 4 nitrogen and oxygen atoms in total. The van der Waals surface area contributed by atoms with Crippen molar-refractivity contribution in [3.63, 3.8) is 0 Å². The summed E-state index contributed by atoms with van der Waals surface area (Å²) in [5.41, 5.74) is 0. The Morgan fingerprint density at radius 2 is 1.46 bits per heavy atom. The van der Waals surface area contributed by atoms with E-state index in [2.05, 4.69) is 4.52 Å². The monoisotopic (exact) mass is 208 g/mol. The van der Waals surface area contributed by atoms with Gasteiger partial charge in [-0.1, -0.05) is 32.1 Å². The van der Waals surface area contributed by atoms with Gasteiger partial charge in [0.15, 0.2) is 0 Å². The first-order chi connectivity index (χ1) is 6.08. The molecule has 1 saturated carbocycles. The maximum absolute atomic E-state index is 10.6. The van der Waals surface area contributed by atoms with Crippen molar-refractivity contribution >= 4 is 7.82 Å². The number of phosphoric acid groups is 1. The molecule has 0 aromatic rings. The topological polar surface area (TPSA) is 66.8 Å². The first-order valence-electron chi connectivity index (χ1n) is 4.82. The van der Waals surface area contributed by atoms with Crippen LogP contribution in [0.5, 0.6) is 0 Å². The molecule has 13 heavy (non-hydrogen) atoms. The summed E-state index contributed by atoms with van der Waals surface area (Å²) in [6.07, 6.45) is 6.91. The van der Waals surface area contributed by atoms with E-state index in [-0.39, 0.29) is 6.10 Å². The largest absolute Gasteiger partial charge is 0.469 e. The van der Waals surface area contributed by atoms with E-state index in [4.69, 9.17) is 9.79 Å². The van der Waals surface area contributed by atoms with Gasteiger partial charge >= 0.3 is 7.82 Å². The number of phosphoric ester groups is 1. The molecule has 0 aromatic heterocycles. The first kappa shape index (κ1) is 11.2. The molecule has 0 atom stereocenters. The molecule has 1 aliphatic rings. The Balaban J connectivity index is 2.33. The van der Waals surface area contributed by atoms with E-state index < -0.39 is 7.82 Å². The molecule has 0 unspecified atom stereocenters. The molecule has 0 heterocycles. The van der Waals surface area contributed by atoms with Gasteiger partial charge in [-0.2, -0.15) is 0 Å². The van der Waals surface area contributed by atoms with E-state index in [0.29, 0.717) is 0 Å². The predicted molar refractivity (Wildman–Crippen MR) is 49.2 cm³/mol. The quantitative estimate of drug-likeness (QED) is 0.683. The third kappa shape index (κ3) is 5.42. The van der Waals surface area contributed by atoms with Crippen LogP contribution in [-0.4, -0.2) is 15.9 Å². The molecular weight excluding hydrogens is 191 g/mol. The Kier molecular flexibility index (Phi) is 4.39. The minimum absolute atomic E-state index is 0.235. The van der Waals surface area contributed by atoms with E-state index in [1.54, 1.807) is 0 Å². The van der Waals surface area contributed by atoms with Crippen molar-refractivity contribution in [3.8, 4) is 0 Å². The number of rotatable bonds is 2. The Labute approximate surface area is 78.5 Å². The fourth-order valence-corrected chi connectivity index (χ4v) is 2.32. The molecule has 0 saturated heterocycles. The number of hydrogen-bond donors (Lipinski definition) is 2. The number of hydrogen-bond acceptors (Lipinski definition) is 2. The van der Waals surface area contributed by atoms with Crippen molar-refractivity contribution in [3.05, 3.63) is 0 Å². The lowest BCUT2D eigenvalue weighted by molar-refractivity contribution is 0.112. The van der Waals surface area contributed by atoms with Gasteiger partial charge in [-0.05, 0) is 12.8 Å². The zero-order valence-corrected chi connectivity index (χ0v) is 8.58. The molecule has 1 rings (SSSR count). The van der Waals surface area contributed by atoms with Gasteiger partial charge in [-0.15, -0.1) is 0 Å². The molecule has 5 heteroatoms. The van der Waals surface area contributed by atoms with Crippen LogP contribution in [0, 0.1) is 0 Å². The molecule has 0 amide bonds. The lowest BCUT2D eigenvalue weighted by Crippen LogP contribution is -2.12. The summed E-state index contributed by atoms with van der Waals surface area (Å²) in [5, 5.41) is 0. The van der Waals surface area contributed by atoms with Crippen LogP contribution in [0.1, 0.15) is 44.9 Å². The predicted octanol–water partition coefficient (Wildman–Crippen LogP) is 2.21. The standard InChI is InChI=1S/C8H17O4P/c9-13(10,11)12-8-6-4-2-1-3-5-7-8/h8H,1-7H2,(H2,9,10,11). The van der Waals surface area contributed by atoms with Crippen molar-refractivity contribution in [2.75, 3.05) is 0 Å². The smallest absolute Gasteiger partial charge is 0.303 e. The van der Waals surface area contributed by atoms with E-state index in [9.17, 15) is 4.57 Å². The van der Waals surface area contributed by atoms with Crippen molar-refractivity contribution in [1.29, 1.82) is 0 Å². The van der Waals surface area contributed by atoms with Crippen molar-refractivity contribution in [2.45, 2.75) is 51.0 Å². The SMILES string of the molecule is O=P(O)(O)OC1CCCCCCC1. The summed E-state index contributed by atoms with van der Waals surface area (Å²) in [6, 6.07) is 0. The lowest BCUT2D eigenvalue weighted by Gasteiger charge is -2.20. The zero-order chi connectivity index (χ0) is 9.73. The van der Waals surface area contributed by atoms with E-state index in [1.807, 2.05) is 0 Å². The van der Waals surface area contributed by atoms with Crippen molar-refractivity contribution < 1.29 is 18.9 Å². The Morgan fingerprint density at radius 3 is 1.92 bits per heavy atom. The lowest BCUT2D eigenvalue weighted by atomic mass is 9.99. The second-order valence-corrected chi connectivity index (χ2v) is 4.76. The van der Waals surface area contributed by atoms with E-state index in [1.165, 1.54) is 6.42 Å². The first-order valence-corrected chi connectivity index (χ1v) is 6.35. The van der Waals surface area contributed by atoms with E-state index in [0.717, 1.165) is 38.5 Å². The van der Waals surface area contributed by atoms with Crippen LogP contribution >= 0.6 is 7.82 Å². The van der Waals surface area contributed by atoms with Gasteiger partial charge in [-0.25, -0.2) is 4.57 Å². The normalized spacial score (nSPS) is 22.3. The van der Waals surface area contributed by atoms with Crippen LogP contribution in [0.4, 0.5) is 0 Å². The van der Waals surface area contributed by atoms with Crippen LogP contribution in [0.25, 0.3) is 0 Å². The Bertz CT molecular complexity index is 181.